The molecule has 0 bridgehead atoms. The van der Waals surface area contributed by atoms with Gasteiger partial charge in [0.1, 0.15) is 11.6 Å². The standard InChI is InChI=1S/C20H22N4O3/c1-12-22-23-19(25)24(12)14-6-8-17(21-10-14)27-15-7-5-13-11-26-18(16(13)9-15)20(2,3)4/h5-10,18H,11H2,1-4H3,(H,23,25). The van der Waals surface area contributed by atoms with Crippen LogP contribution in [0, 0.1) is 12.3 Å². The molecule has 27 heavy (non-hydrogen) atoms. The second kappa shape index (κ2) is 6.35. The van der Waals surface area contributed by atoms with E-state index >= 15 is 0 Å². The second-order valence-corrected chi connectivity index (χ2v) is 7.79. The van der Waals surface area contributed by atoms with Gasteiger partial charge in [-0.25, -0.2) is 19.4 Å². The maximum atomic E-state index is 11.8. The molecule has 1 unspecified atom stereocenters. The molecule has 2 aromatic heterocycles. The lowest BCUT2D eigenvalue weighted by Crippen LogP contribution is -2.17. The number of nitrogens with one attached hydrogen (secondary N) is 1. The minimum Gasteiger partial charge on any atom is -0.439 e. The van der Waals surface area contributed by atoms with Crippen molar-refractivity contribution in [3.63, 3.8) is 0 Å². The molecule has 0 aliphatic carbocycles. The predicted molar refractivity (Wildman–Crippen MR) is 100 cm³/mol. The number of aromatic nitrogens is 4. The van der Waals surface area contributed by atoms with E-state index in [1.54, 1.807) is 25.3 Å². The van der Waals surface area contributed by atoms with E-state index in [9.17, 15) is 4.79 Å². The van der Waals surface area contributed by atoms with Gasteiger partial charge in [-0.1, -0.05) is 26.8 Å². The van der Waals surface area contributed by atoms with Crippen LogP contribution >= 0.6 is 0 Å². The monoisotopic (exact) mass is 366 g/mol. The lowest BCUT2D eigenvalue weighted by molar-refractivity contribution is -0.00793. The molecule has 0 fully saturated rings. The number of ether oxygens (including phenoxy) is 2. The molecule has 1 atom stereocenters. The molecule has 0 radical (unpaired) electrons. The maximum absolute atomic E-state index is 11.8. The third-order valence-corrected chi connectivity index (χ3v) is 4.63. The number of aryl methyl sites for hydroxylation is 1. The highest BCUT2D eigenvalue weighted by Gasteiger charge is 2.33. The van der Waals surface area contributed by atoms with E-state index in [0.717, 1.165) is 5.56 Å². The largest absolute Gasteiger partial charge is 0.439 e. The van der Waals surface area contributed by atoms with Gasteiger partial charge in [0.15, 0.2) is 0 Å². The smallest absolute Gasteiger partial charge is 0.347 e. The van der Waals surface area contributed by atoms with Crippen molar-refractivity contribution in [3.05, 3.63) is 64.0 Å². The van der Waals surface area contributed by atoms with Crippen LogP contribution in [-0.2, 0) is 11.3 Å². The summed E-state index contributed by atoms with van der Waals surface area (Å²) in [6.07, 6.45) is 1.63. The maximum Gasteiger partial charge on any atom is 0.347 e. The van der Waals surface area contributed by atoms with Crippen LogP contribution in [0.15, 0.2) is 41.3 Å². The molecule has 140 valence electrons. The summed E-state index contributed by atoms with van der Waals surface area (Å²) in [7, 11) is 0. The Morgan fingerprint density at radius 1 is 1.26 bits per heavy atom. The zero-order valence-corrected chi connectivity index (χ0v) is 15.8. The Balaban J connectivity index is 1.58. The minimum absolute atomic E-state index is 0.0134. The predicted octanol–water partition coefficient (Wildman–Crippen LogP) is 3.67. The fraction of sp³-hybridized carbons (Fsp3) is 0.350. The Bertz CT molecular complexity index is 1030. The fourth-order valence-corrected chi connectivity index (χ4v) is 3.36. The molecular formula is C20H22N4O3. The van der Waals surface area contributed by atoms with Crippen LogP contribution in [0.5, 0.6) is 11.6 Å². The number of rotatable bonds is 3. The van der Waals surface area contributed by atoms with Gasteiger partial charge in [0.25, 0.3) is 0 Å². The third-order valence-electron chi connectivity index (χ3n) is 4.63. The van der Waals surface area contributed by atoms with Crippen molar-refractivity contribution in [2.45, 2.75) is 40.4 Å². The molecule has 1 aliphatic heterocycles. The molecule has 0 spiro atoms. The van der Waals surface area contributed by atoms with Gasteiger partial charge in [0, 0.05) is 6.07 Å². The van der Waals surface area contributed by atoms with Gasteiger partial charge < -0.3 is 9.47 Å². The summed E-state index contributed by atoms with van der Waals surface area (Å²) in [4.78, 5) is 16.1. The van der Waals surface area contributed by atoms with Gasteiger partial charge in [0.2, 0.25) is 5.88 Å². The van der Waals surface area contributed by atoms with Crippen molar-refractivity contribution in [1.29, 1.82) is 0 Å². The molecular weight excluding hydrogens is 344 g/mol. The summed E-state index contributed by atoms with van der Waals surface area (Å²) in [6, 6.07) is 9.51. The number of pyridine rings is 1. The Labute approximate surface area is 157 Å². The molecule has 3 aromatic rings. The first-order valence-electron chi connectivity index (χ1n) is 8.85. The van der Waals surface area contributed by atoms with Crippen LogP contribution in [0.3, 0.4) is 0 Å². The molecule has 0 saturated carbocycles. The van der Waals surface area contributed by atoms with Crippen molar-refractivity contribution >= 4 is 0 Å². The average Bonchev–Trinajstić information content (AvgIpc) is 3.19. The van der Waals surface area contributed by atoms with Gasteiger partial charge in [-0.3, -0.25) is 0 Å². The zero-order chi connectivity index (χ0) is 19.2. The quantitative estimate of drug-likeness (QED) is 0.765. The SMILES string of the molecule is Cc1n[nH]c(=O)n1-c1ccc(Oc2ccc3c(c2)C(C(C)(C)C)OC3)nc1. The number of benzene rings is 1. The van der Waals surface area contributed by atoms with Crippen molar-refractivity contribution in [1.82, 2.24) is 19.7 Å². The molecule has 1 N–H and O–H groups in total. The summed E-state index contributed by atoms with van der Waals surface area (Å²) < 4.78 is 13.3. The third kappa shape index (κ3) is 3.26. The molecule has 0 amide bonds. The van der Waals surface area contributed by atoms with Crippen LogP contribution in [0.4, 0.5) is 0 Å². The highest BCUT2D eigenvalue weighted by molar-refractivity contribution is 5.41. The van der Waals surface area contributed by atoms with E-state index in [2.05, 4.69) is 36.0 Å². The van der Waals surface area contributed by atoms with Crippen molar-refractivity contribution in [2.24, 2.45) is 5.41 Å². The summed E-state index contributed by atoms with van der Waals surface area (Å²) >= 11 is 0. The molecule has 0 saturated heterocycles. The summed E-state index contributed by atoms with van der Waals surface area (Å²) in [5.41, 5.74) is 2.71. The molecule has 4 rings (SSSR count). The van der Waals surface area contributed by atoms with Crippen LogP contribution in [0.2, 0.25) is 0 Å². The van der Waals surface area contributed by atoms with Crippen molar-refractivity contribution in [3.8, 4) is 17.3 Å². The normalized spacial score (nSPS) is 16.4. The summed E-state index contributed by atoms with van der Waals surface area (Å²) in [5, 5.41) is 6.31. The Hall–Kier alpha value is -2.93. The lowest BCUT2D eigenvalue weighted by atomic mass is 9.84. The molecule has 7 nitrogen and oxygen atoms in total. The Morgan fingerprint density at radius 3 is 2.70 bits per heavy atom. The first-order valence-corrected chi connectivity index (χ1v) is 8.85. The van der Waals surface area contributed by atoms with Crippen LogP contribution < -0.4 is 10.4 Å². The van der Waals surface area contributed by atoms with Crippen LogP contribution in [-0.4, -0.2) is 19.7 Å². The highest BCUT2D eigenvalue weighted by Crippen LogP contribution is 2.44. The van der Waals surface area contributed by atoms with Gasteiger partial charge in [0.05, 0.1) is 24.6 Å². The number of nitrogens with zero attached hydrogens (tertiary/aromatic N) is 3. The van der Waals surface area contributed by atoms with E-state index in [-0.39, 0.29) is 17.2 Å². The van der Waals surface area contributed by atoms with Gasteiger partial charge in [-0.15, -0.1) is 0 Å². The number of fused-ring (bicyclic) bond motifs is 1. The van der Waals surface area contributed by atoms with Crippen LogP contribution in [0.25, 0.3) is 5.69 Å². The van der Waals surface area contributed by atoms with Gasteiger partial charge >= 0.3 is 5.69 Å². The first kappa shape index (κ1) is 17.5. The number of hydrogen-bond acceptors (Lipinski definition) is 5. The summed E-state index contributed by atoms with van der Waals surface area (Å²) in [6.45, 7) is 8.88. The number of H-pyrrole nitrogens is 1. The van der Waals surface area contributed by atoms with Crippen LogP contribution in [0.1, 0.15) is 43.8 Å². The highest BCUT2D eigenvalue weighted by atomic mass is 16.5. The lowest BCUT2D eigenvalue weighted by Gasteiger charge is -2.27. The molecule has 7 heteroatoms. The Morgan fingerprint density at radius 2 is 2.07 bits per heavy atom. The number of hydrogen-bond donors (Lipinski definition) is 1. The van der Waals surface area contributed by atoms with E-state index in [0.29, 0.717) is 29.7 Å². The summed E-state index contributed by atoms with van der Waals surface area (Å²) in [5.74, 6) is 1.74. The Kier molecular flexibility index (Phi) is 4.11. The van der Waals surface area contributed by atoms with E-state index in [1.165, 1.54) is 10.1 Å². The zero-order valence-electron chi connectivity index (χ0n) is 15.8. The molecule has 1 aliphatic rings. The van der Waals surface area contributed by atoms with E-state index < -0.39 is 0 Å². The minimum atomic E-state index is -0.296. The number of aromatic amines is 1. The average molecular weight is 366 g/mol. The van der Waals surface area contributed by atoms with E-state index in [4.69, 9.17) is 9.47 Å². The fourth-order valence-electron chi connectivity index (χ4n) is 3.36. The molecule has 1 aromatic carbocycles. The second-order valence-electron chi connectivity index (χ2n) is 7.79. The first-order chi connectivity index (χ1) is 12.8. The topological polar surface area (TPSA) is 82.0 Å². The van der Waals surface area contributed by atoms with E-state index in [1.807, 2.05) is 18.2 Å². The van der Waals surface area contributed by atoms with Gasteiger partial charge in [-0.05, 0) is 41.7 Å². The van der Waals surface area contributed by atoms with Crippen molar-refractivity contribution in [2.75, 3.05) is 0 Å². The van der Waals surface area contributed by atoms with Gasteiger partial charge in [-0.2, -0.15) is 5.10 Å². The molecule has 3 heterocycles. The van der Waals surface area contributed by atoms with Crippen molar-refractivity contribution < 1.29 is 9.47 Å².